The molecular weight excluding hydrogens is 341 g/mol. The average molecular weight is 352 g/mol. The summed E-state index contributed by atoms with van der Waals surface area (Å²) in [6.45, 7) is -1.80. The number of nitrogens with one attached hydrogen (secondary N) is 3. The molecule has 0 radical (unpaired) electrons. The van der Waals surface area contributed by atoms with Crippen LogP contribution >= 0.6 is 0 Å². The van der Waals surface area contributed by atoms with Crippen LogP contribution < -0.4 is 10.6 Å². The number of H-pyrrole nitrogens is 1. The number of hydrogen-bond acceptors (Lipinski definition) is 7. The molecule has 0 spiro atoms. The summed E-state index contributed by atoms with van der Waals surface area (Å²) in [7, 11) is 0. The van der Waals surface area contributed by atoms with Crippen LogP contribution in [0.15, 0.2) is 25.0 Å². The Morgan fingerprint density at radius 1 is 1.20 bits per heavy atom. The molecule has 3 aromatic rings. The van der Waals surface area contributed by atoms with Crippen LogP contribution in [0, 0.1) is 0 Å². The zero-order valence-corrected chi connectivity index (χ0v) is 12.5. The van der Waals surface area contributed by atoms with Gasteiger partial charge in [0, 0.05) is 23.3 Å². The molecular formula is C13H11F3N8O. The van der Waals surface area contributed by atoms with Crippen LogP contribution in [0.3, 0.4) is 0 Å². The molecule has 130 valence electrons. The first-order chi connectivity index (χ1) is 11.9. The molecule has 0 aromatic carbocycles. The molecule has 9 nitrogen and oxygen atoms in total. The first kappa shape index (κ1) is 16.5. The van der Waals surface area contributed by atoms with Crippen LogP contribution in [0.2, 0.25) is 0 Å². The molecule has 1 amide bonds. The lowest BCUT2D eigenvalue weighted by Crippen LogP contribution is -2.37. The molecule has 0 aliphatic heterocycles. The first-order valence-corrected chi connectivity index (χ1v) is 6.96. The number of anilines is 1. The number of rotatable bonds is 5. The van der Waals surface area contributed by atoms with E-state index in [4.69, 9.17) is 0 Å². The van der Waals surface area contributed by atoms with Gasteiger partial charge in [0.25, 0.3) is 0 Å². The molecule has 3 heterocycles. The highest BCUT2D eigenvalue weighted by Gasteiger charge is 2.27. The molecule has 0 aliphatic carbocycles. The number of carbonyl (C=O) groups is 1. The van der Waals surface area contributed by atoms with Gasteiger partial charge in [0.2, 0.25) is 11.9 Å². The quantitative estimate of drug-likeness (QED) is 0.624. The van der Waals surface area contributed by atoms with Gasteiger partial charge in [-0.15, -0.1) is 0 Å². The summed E-state index contributed by atoms with van der Waals surface area (Å²) >= 11 is 0. The molecule has 3 rings (SSSR count). The molecule has 0 aliphatic rings. The molecule has 3 aromatic heterocycles. The van der Waals surface area contributed by atoms with E-state index >= 15 is 0 Å². The van der Waals surface area contributed by atoms with E-state index in [1.165, 1.54) is 12.7 Å². The third-order valence-electron chi connectivity index (χ3n) is 3.06. The first-order valence-electron chi connectivity index (χ1n) is 6.96. The van der Waals surface area contributed by atoms with Crippen molar-refractivity contribution in [3.63, 3.8) is 0 Å². The number of amides is 1. The number of aromatic amines is 1. The Kier molecular flexibility index (Phi) is 4.41. The minimum atomic E-state index is -4.46. The lowest BCUT2D eigenvalue weighted by Gasteiger charge is -2.09. The van der Waals surface area contributed by atoms with E-state index in [-0.39, 0.29) is 5.95 Å². The fourth-order valence-corrected chi connectivity index (χ4v) is 1.98. The van der Waals surface area contributed by atoms with Gasteiger partial charge in [0.15, 0.2) is 5.82 Å². The fourth-order valence-electron chi connectivity index (χ4n) is 1.98. The summed E-state index contributed by atoms with van der Waals surface area (Å²) in [5.74, 6) is -0.479. The number of halogens is 3. The van der Waals surface area contributed by atoms with Crippen molar-refractivity contribution in [2.24, 2.45) is 0 Å². The standard InChI is InChI=1S/C13H11F3N8O/c14-13(15,16)4-20-9(25)3-19-12-23-6-22-11(24-12)8-2-18-10-7(8)1-17-5-21-10/h1-2,5-6H,3-4H2,(H,20,25)(H,17,18,21)(H,19,22,23,24). The molecule has 3 N–H and O–H groups in total. The van der Waals surface area contributed by atoms with Gasteiger partial charge in [-0.25, -0.2) is 19.9 Å². The predicted octanol–water partition coefficient (Wildman–Crippen LogP) is 0.900. The highest BCUT2D eigenvalue weighted by molar-refractivity contribution is 5.90. The lowest BCUT2D eigenvalue weighted by atomic mass is 10.2. The second kappa shape index (κ2) is 6.67. The number of carbonyl (C=O) groups excluding carboxylic acids is 1. The van der Waals surface area contributed by atoms with E-state index in [1.807, 2.05) is 0 Å². The smallest absolute Gasteiger partial charge is 0.345 e. The zero-order valence-electron chi connectivity index (χ0n) is 12.5. The molecule has 0 atom stereocenters. The summed E-state index contributed by atoms with van der Waals surface area (Å²) in [5.41, 5.74) is 1.23. The largest absolute Gasteiger partial charge is 0.405 e. The van der Waals surface area contributed by atoms with Crippen molar-refractivity contribution in [2.45, 2.75) is 6.18 Å². The Bertz CT molecular complexity index is 894. The van der Waals surface area contributed by atoms with Crippen LogP contribution in [0.5, 0.6) is 0 Å². The zero-order chi connectivity index (χ0) is 17.9. The van der Waals surface area contributed by atoms with E-state index in [9.17, 15) is 18.0 Å². The summed E-state index contributed by atoms with van der Waals surface area (Å²) < 4.78 is 36.1. The Morgan fingerprint density at radius 3 is 2.84 bits per heavy atom. The number of aromatic nitrogens is 6. The van der Waals surface area contributed by atoms with E-state index in [2.05, 4.69) is 35.2 Å². The maximum Gasteiger partial charge on any atom is 0.405 e. The molecule has 0 saturated heterocycles. The van der Waals surface area contributed by atoms with Crippen molar-refractivity contribution in [1.82, 2.24) is 35.2 Å². The van der Waals surface area contributed by atoms with Crippen LogP contribution in [0.25, 0.3) is 22.4 Å². The summed E-state index contributed by atoms with van der Waals surface area (Å²) in [6.07, 6.45) is 1.39. The van der Waals surface area contributed by atoms with Crippen LogP contribution in [0.1, 0.15) is 0 Å². The Morgan fingerprint density at radius 2 is 2.04 bits per heavy atom. The van der Waals surface area contributed by atoms with Crippen molar-refractivity contribution in [1.29, 1.82) is 0 Å². The molecule has 12 heteroatoms. The highest BCUT2D eigenvalue weighted by Crippen LogP contribution is 2.23. The maximum absolute atomic E-state index is 12.0. The summed E-state index contributed by atoms with van der Waals surface area (Å²) in [4.78, 5) is 34.3. The molecule has 0 saturated carbocycles. The highest BCUT2D eigenvalue weighted by atomic mass is 19.4. The normalized spacial score (nSPS) is 11.5. The lowest BCUT2D eigenvalue weighted by molar-refractivity contribution is -0.137. The van der Waals surface area contributed by atoms with Gasteiger partial charge < -0.3 is 15.6 Å². The van der Waals surface area contributed by atoms with E-state index in [0.717, 1.165) is 0 Å². The third kappa shape index (κ3) is 4.16. The van der Waals surface area contributed by atoms with Gasteiger partial charge in [-0.3, -0.25) is 4.79 Å². The van der Waals surface area contributed by atoms with E-state index < -0.39 is 25.2 Å². The third-order valence-corrected chi connectivity index (χ3v) is 3.06. The summed E-state index contributed by atoms with van der Waals surface area (Å²) in [6, 6.07) is 0. The topological polar surface area (TPSA) is 121 Å². The number of nitrogens with zero attached hydrogens (tertiary/aromatic N) is 5. The number of alkyl halides is 3. The van der Waals surface area contributed by atoms with Gasteiger partial charge in [-0.1, -0.05) is 0 Å². The number of fused-ring (bicyclic) bond motifs is 1. The Balaban J connectivity index is 1.69. The number of hydrogen-bond donors (Lipinski definition) is 3. The van der Waals surface area contributed by atoms with Crippen molar-refractivity contribution in [3.8, 4) is 11.4 Å². The molecule has 25 heavy (non-hydrogen) atoms. The van der Waals surface area contributed by atoms with Gasteiger partial charge in [-0.2, -0.15) is 18.2 Å². The van der Waals surface area contributed by atoms with Crippen molar-refractivity contribution < 1.29 is 18.0 Å². The van der Waals surface area contributed by atoms with Gasteiger partial charge >= 0.3 is 6.18 Å². The van der Waals surface area contributed by atoms with Crippen LogP contribution in [-0.2, 0) is 4.79 Å². The second-order valence-corrected chi connectivity index (χ2v) is 4.87. The van der Waals surface area contributed by atoms with E-state index in [0.29, 0.717) is 22.4 Å². The maximum atomic E-state index is 12.0. The minimum Gasteiger partial charge on any atom is -0.345 e. The van der Waals surface area contributed by atoms with Crippen LogP contribution in [0.4, 0.5) is 19.1 Å². The Hall–Kier alpha value is -3.31. The SMILES string of the molecule is O=C(CNc1ncnc(-c2c[nH]c3ncncc23)n1)NCC(F)(F)F. The second-order valence-electron chi connectivity index (χ2n) is 4.87. The molecule has 0 unspecified atom stereocenters. The molecule has 0 fully saturated rings. The van der Waals surface area contributed by atoms with Crippen molar-refractivity contribution >= 4 is 22.9 Å². The minimum absolute atomic E-state index is 0.0540. The summed E-state index contributed by atoms with van der Waals surface area (Å²) in [5, 5.41) is 4.98. The van der Waals surface area contributed by atoms with Crippen LogP contribution in [-0.4, -0.2) is 55.1 Å². The van der Waals surface area contributed by atoms with Gasteiger partial charge in [0.1, 0.15) is 24.8 Å². The Labute approximate surface area is 138 Å². The van der Waals surface area contributed by atoms with Crippen molar-refractivity contribution in [3.05, 3.63) is 25.0 Å². The predicted molar refractivity (Wildman–Crippen MR) is 80.3 cm³/mol. The monoisotopic (exact) mass is 352 g/mol. The van der Waals surface area contributed by atoms with Crippen molar-refractivity contribution in [2.75, 3.05) is 18.4 Å². The van der Waals surface area contributed by atoms with Gasteiger partial charge in [0.05, 0.1) is 6.54 Å². The van der Waals surface area contributed by atoms with Gasteiger partial charge in [-0.05, 0) is 0 Å². The molecule has 0 bridgehead atoms. The average Bonchev–Trinajstić information content (AvgIpc) is 3.02. The fraction of sp³-hybridized carbons (Fsp3) is 0.231. The van der Waals surface area contributed by atoms with E-state index in [1.54, 1.807) is 17.7 Å².